The summed E-state index contributed by atoms with van der Waals surface area (Å²) >= 11 is 0. The molecule has 0 N–H and O–H groups in total. The SMILES string of the molecule is Cc1ccc(-c2ccc3c(c2)C2(c4ccccc4-3)c3cccc4ccc5cccc2c5c34)cc1. The van der Waals surface area contributed by atoms with Gasteiger partial charge in [0.2, 0.25) is 0 Å². The molecule has 0 atom stereocenters. The summed E-state index contributed by atoms with van der Waals surface area (Å²) in [6.07, 6.45) is 0. The lowest BCUT2D eigenvalue weighted by Crippen LogP contribution is -2.26. The number of aryl methyl sites for hydroxylation is 1. The van der Waals surface area contributed by atoms with Gasteiger partial charge in [0.1, 0.15) is 0 Å². The number of fused-ring (bicyclic) bond motifs is 7. The van der Waals surface area contributed by atoms with Gasteiger partial charge < -0.3 is 0 Å². The summed E-state index contributed by atoms with van der Waals surface area (Å²) in [5.41, 5.74) is 11.9. The van der Waals surface area contributed by atoms with Crippen LogP contribution in [0, 0.1) is 6.92 Å². The van der Waals surface area contributed by atoms with Crippen LogP contribution in [0.3, 0.4) is 0 Å². The zero-order valence-corrected chi connectivity index (χ0v) is 19.0. The van der Waals surface area contributed by atoms with Gasteiger partial charge in [-0.25, -0.2) is 0 Å². The van der Waals surface area contributed by atoms with Crippen molar-refractivity contribution < 1.29 is 0 Å². The van der Waals surface area contributed by atoms with Crippen LogP contribution in [0.2, 0.25) is 0 Å². The Morgan fingerprint density at radius 2 is 1.03 bits per heavy atom. The molecule has 0 fully saturated rings. The summed E-state index contributed by atoms with van der Waals surface area (Å²) in [6.45, 7) is 2.15. The topological polar surface area (TPSA) is 0 Å². The molecule has 6 aromatic rings. The molecular weight excluding hydrogens is 408 g/mol. The second-order valence-corrected chi connectivity index (χ2v) is 9.79. The van der Waals surface area contributed by atoms with Crippen LogP contribution in [0.15, 0.2) is 115 Å². The molecule has 0 aliphatic heterocycles. The van der Waals surface area contributed by atoms with Crippen LogP contribution in [0.25, 0.3) is 43.8 Å². The van der Waals surface area contributed by atoms with Gasteiger partial charge in [-0.15, -0.1) is 0 Å². The smallest absolute Gasteiger partial charge is 0.0619 e. The van der Waals surface area contributed by atoms with Gasteiger partial charge in [0.15, 0.2) is 0 Å². The molecule has 0 nitrogen and oxygen atoms in total. The fourth-order valence-electron chi connectivity index (χ4n) is 6.71. The molecule has 2 aliphatic carbocycles. The van der Waals surface area contributed by atoms with Crippen molar-refractivity contribution in [2.24, 2.45) is 0 Å². The lowest BCUT2D eigenvalue weighted by molar-refractivity contribution is 0.797. The maximum Gasteiger partial charge on any atom is 0.0726 e. The highest BCUT2D eigenvalue weighted by molar-refractivity contribution is 6.17. The molecular formula is C34H22. The van der Waals surface area contributed by atoms with Crippen molar-refractivity contribution in [3.8, 4) is 22.3 Å². The van der Waals surface area contributed by atoms with Crippen molar-refractivity contribution in [3.63, 3.8) is 0 Å². The fraction of sp³-hybridized carbons (Fsp3) is 0.0588. The van der Waals surface area contributed by atoms with E-state index in [0.717, 1.165) is 0 Å². The summed E-state index contributed by atoms with van der Waals surface area (Å²) in [7, 11) is 0. The van der Waals surface area contributed by atoms with Crippen LogP contribution in [-0.4, -0.2) is 0 Å². The van der Waals surface area contributed by atoms with E-state index in [9.17, 15) is 0 Å². The fourth-order valence-corrected chi connectivity index (χ4v) is 6.71. The third-order valence-electron chi connectivity index (χ3n) is 8.12. The standard InChI is InChI=1S/C34H22/c1-21-12-14-22(15-13-21)25-18-19-27-26-8-2-3-9-28(26)34(31(27)20-25)29-10-4-6-23-16-17-24-7-5-11-30(34)33(24)32(23)29/h2-20H,1H3. The van der Waals surface area contributed by atoms with Crippen molar-refractivity contribution >= 4 is 21.5 Å². The minimum absolute atomic E-state index is 0.282. The number of hydrogen-bond acceptors (Lipinski definition) is 0. The van der Waals surface area contributed by atoms with E-state index in [1.807, 2.05) is 0 Å². The highest BCUT2D eigenvalue weighted by Gasteiger charge is 2.50. The van der Waals surface area contributed by atoms with Gasteiger partial charge in [0.05, 0.1) is 5.41 Å². The number of hydrogen-bond donors (Lipinski definition) is 0. The van der Waals surface area contributed by atoms with Gasteiger partial charge in [-0.2, -0.15) is 0 Å². The molecule has 1 spiro atoms. The predicted octanol–water partition coefficient (Wildman–Crippen LogP) is 8.64. The lowest BCUT2D eigenvalue weighted by atomic mass is 9.70. The lowest BCUT2D eigenvalue weighted by Gasteiger charge is -2.31. The van der Waals surface area contributed by atoms with Crippen molar-refractivity contribution in [2.45, 2.75) is 12.3 Å². The largest absolute Gasteiger partial charge is 0.0726 e. The molecule has 0 heteroatoms. The summed E-state index contributed by atoms with van der Waals surface area (Å²) in [4.78, 5) is 0. The van der Waals surface area contributed by atoms with E-state index in [4.69, 9.17) is 0 Å². The number of rotatable bonds is 1. The van der Waals surface area contributed by atoms with E-state index in [1.54, 1.807) is 0 Å². The number of benzene rings is 6. The van der Waals surface area contributed by atoms with E-state index in [0.29, 0.717) is 0 Å². The first-order valence-electron chi connectivity index (χ1n) is 12.0. The summed E-state index contributed by atoms with van der Waals surface area (Å²) in [5, 5.41) is 5.49. The maximum atomic E-state index is 2.46. The van der Waals surface area contributed by atoms with Crippen LogP contribution < -0.4 is 0 Å². The predicted molar refractivity (Wildman–Crippen MR) is 142 cm³/mol. The minimum Gasteiger partial charge on any atom is -0.0619 e. The first-order valence-corrected chi connectivity index (χ1v) is 12.0. The molecule has 0 radical (unpaired) electrons. The van der Waals surface area contributed by atoms with E-state index < -0.39 is 0 Å². The van der Waals surface area contributed by atoms with Gasteiger partial charge in [-0.1, -0.05) is 115 Å². The maximum absolute atomic E-state index is 2.46. The van der Waals surface area contributed by atoms with E-state index in [-0.39, 0.29) is 5.41 Å². The van der Waals surface area contributed by atoms with Gasteiger partial charge in [-0.3, -0.25) is 0 Å². The van der Waals surface area contributed by atoms with Gasteiger partial charge in [-0.05, 0) is 79.0 Å². The van der Waals surface area contributed by atoms with Crippen LogP contribution in [0.4, 0.5) is 0 Å². The Balaban J connectivity index is 1.55. The Morgan fingerprint density at radius 3 is 1.74 bits per heavy atom. The molecule has 0 amide bonds. The summed E-state index contributed by atoms with van der Waals surface area (Å²) < 4.78 is 0. The van der Waals surface area contributed by atoms with Gasteiger partial charge in [0, 0.05) is 0 Å². The molecule has 0 saturated heterocycles. The molecule has 8 rings (SSSR count). The van der Waals surface area contributed by atoms with Gasteiger partial charge >= 0.3 is 0 Å². The zero-order chi connectivity index (χ0) is 22.4. The van der Waals surface area contributed by atoms with Crippen molar-refractivity contribution in [1.82, 2.24) is 0 Å². The first-order chi connectivity index (χ1) is 16.8. The summed E-state index contributed by atoms with van der Waals surface area (Å²) in [6, 6.07) is 43.4. The molecule has 6 aromatic carbocycles. The summed E-state index contributed by atoms with van der Waals surface area (Å²) in [5.74, 6) is 0. The zero-order valence-electron chi connectivity index (χ0n) is 19.0. The highest BCUT2D eigenvalue weighted by Crippen LogP contribution is 2.62. The molecule has 0 aromatic heterocycles. The monoisotopic (exact) mass is 430 g/mol. The molecule has 0 bridgehead atoms. The van der Waals surface area contributed by atoms with Crippen LogP contribution >= 0.6 is 0 Å². The molecule has 0 unspecified atom stereocenters. The third-order valence-corrected chi connectivity index (χ3v) is 8.12. The molecule has 0 saturated carbocycles. The highest BCUT2D eigenvalue weighted by atomic mass is 14.5. The Bertz CT molecular complexity index is 1740. The Kier molecular flexibility index (Phi) is 3.36. The average Bonchev–Trinajstić information content (AvgIpc) is 3.36. The average molecular weight is 431 g/mol. The van der Waals surface area contributed by atoms with Crippen molar-refractivity contribution in [1.29, 1.82) is 0 Å². The Hall–Kier alpha value is -4.16. The van der Waals surface area contributed by atoms with E-state index in [1.165, 1.54) is 71.6 Å². The molecule has 0 heterocycles. The molecule has 158 valence electrons. The quantitative estimate of drug-likeness (QED) is 0.229. The Labute approximate surface area is 199 Å². The second-order valence-electron chi connectivity index (χ2n) is 9.79. The third kappa shape index (κ3) is 2.05. The van der Waals surface area contributed by atoms with E-state index in [2.05, 4.69) is 122 Å². The van der Waals surface area contributed by atoms with Crippen molar-refractivity contribution in [2.75, 3.05) is 0 Å². The first kappa shape index (κ1) is 18.3. The van der Waals surface area contributed by atoms with Gasteiger partial charge in [0.25, 0.3) is 0 Å². The van der Waals surface area contributed by atoms with Crippen LogP contribution in [0.1, 0.15) is 27.8 Å². The Morgan fingerprint density at radius 1 is 0.441 bits per heavy atom. The van der Waals surface area contributed by atoms with Crippen molar-refractivity contribution in [3.05, 3.63) is 143 Å². The minimum atomic E-state index is -0.282. The van der Waals surface area contributed by atoms with Crippen LogP contribution in [0.5, 0.6) is 0 Å². The molecule has 34 heavy (non-hydrogen) atoms. The normalized spacial score (nSPS) is 14.3. The molecule has 2 aliphatic rings. The van der Waals surface area contributed by atoms with E-state index >= 15 is 0 Å². The van der Waals surface area contributed by atoms with Crippen LogP contribution in [-0.2, 0) is 5.41 Å². The second kappa shape index (κ2) is 6.24.